The van der Waals surface area contributed by atoms with Crippen LogP contribution in [0.2, 0.25) is 0 Å². The molecule has 42 heavy (non-hydrogen) atoms. The molecule has 210 valence electrons. The first-order chi connectivity index (χ1) is 20.0. The molecule has 0 aliphatic heterocycles. The van der Waals surface area contributed by atoms with Crippen LogP contribution in [0.5, 0.6) is 0 Å². The van der Waals surface area contributed by atoms with Gasteiger partial charge in [0.25, 0.3) is 0 Å². The van der Waals surface area contributed by atoms with E-state index in [-0.39, 0.29) is 11.1 Å². The smallest absolute Gasteiger partial charge is 0.336 e. The quantitative estimate of drug-likeness (QED) is 0.185. The number of carboxylic acid groups (broad SMARTS) is 4. The van der Waals surface area contributed by atoms with Crippen molar-refractivity contribution >= 4 is 35.4 Å². The number of rotatable bonds is 11. The first kappa shape index (κ1) is 29.1. The van der Waals surface area contributed by atoms with Gasteiger partial charge < -0.3 is 20.4 Å². The Morgan fingerprint density at radius 1 is 0.381 bits per heavy atom. The Morgan fingerprint density at radius 3 is 0.952 bits per heavy atom. The molecule has 0 spiro atoms. The van der Waals surface area contributed by atoms with Gasteiger partial charge in [-0.15, -0.1) is 0 Å². The van der Waals surface area contributed by atoms with E-state index >= 15 is 0 Å². The van der Waals surface area contributed by atoms with Gasteiger partial charge in [0, 0.05) is 22.3 Å². The van der Waals surface area contributed by atoms with Crippen LogP contribution in [0.4, 0.5) is 0 Å². The van der Waals surface area contributed by atoms with E-state index in [1.807, 2.05) is 0 Å². The summed E-state index contributed by atoms with van der Waals surface area (Å²) in [4.78, 5) is 71.1. The van der Waals surface area contributed by atoms with E-state index in [9.17, 15) is 39.0 Å². The lowest BCUT2D eigenvalue weighted by Gasteiger charge is -2.08. The van der Waals surface area contributed by atoms with E-state index in [4.69, 9.17) is 10.2 Å². The lowest BCUT2D eigenvalue weighted by molar-refractivity contribution is 0.0651. The van der Waals surface area contributed by atoms with Crippen molar-refractivity contribution in [1.82, 2.24) is 0 Å². The maximum absolute atomic E-state index is 12.9. The number of benzene rings is 4. The summed E-state index contributed by atoms with van der Waals surface area (Å²) < 4.78 is 0. The lowest BCUT2D eigenvalue weighted by atomic mass is 9.95. The fraction of sp³-hybridized carbons (Fsp3) is 0.0625. The Bertz CT molecular complexity index is 1620. The van der Waals surface area contributed by atoms with E-state index in [1.54, 1.807) is 48.5 Å². The molecule has 0 radical (unpaired) electrons. The maximum atomic E-state index is 12.9. The normalized spacial score (nSPS) is 10.6. The van der Waals surface area contributed by atoms with Crippen molar-refractivity contribution in [2.45, 2.75) is 12.8 Å². The number of aryl methyl sites for hydroxylation is 2. The van der Waals surface area contributed by atoms with E-state index < -0.39 is 57.7 Å². The molecule has 0 amide bonds. The number of carboxylic acids is 4. The first-order valence-electron chi connectivity index (χ1n) is 12.4. The molecule has 0 fully saturated rings. The SMILES string of the molecule is O=C(c1ccc(CCc2ccc(C(=O)c3ccc(C(=O)O)c(C(=O)O)c3)cc2)cc1)c1ccc(C(=O)O)c(C(=O)O)c1. The molecule has 10 heteroatoms. The predicted molar refractivity (Wildman–Crippen MR) is 148 cm³/mol. The van der Waals surface area contributed by atoms with Crippen molar-refractivity contribution in [1.29, 1.82) is 0 Å². The van der Waals surface area contributed by atoms with Crippen LogP contribution in [0.3, 0.4) is 0 Å². The summed E-state index contributed by atoms with van der Waals surface area (Å²) in [7, 11) is 0. The molecule has 0 atom stereocenters. The van der Waals surface area contributed by atoms with Crippen LogP contribution in [0.1, 0.15) is 84.4 Å². The molecule has 10 nitrogen and oxygen atoms in total. The Balaban J connectivity index is 1.41. The van der Waals surface area contributed by atoms with E-state index in [0.29, 0.717) is 24.0 Å². The second-order valence-electron chi connectivity index (χ2n) is 9.29. The van der Waals surface area contributed by atoms with Crippen molar-refractivity contribution in [3.63, 3.8) is 0 Å². The summed E-state index contributed by atoms with van der Waals surface area (Å²) in [6.07, 6.45) is 1.22. The van der Waals surface area contributed by atoms with Crippen LogP contribution >= 0.6 is 0 Å². The van der Waals surface area contributed by atoms with Crippen LogP contribution in [-0.4, -0.2) is 55.9 Å². The number of carbonyl (C=O) groups excluding carboxylic acids is 2. The monoisotopic (exact) mass is 566 g/mol. The summed E-state index contributed by atoms with van der Waals surface area (Å²) in [6.45, 7) is 0. The third kappa shape index (κ3) is 6.28. The molecule has 0 aromatic heterocycles. The van der Waals surface area contributed by atoms with Crippen molar-refractivity contribution in [2.75, 3.05) is 0 Å². The third-order valence-electron chi connectivity index (χ3n) is 6.62. The average molecular weight is 567 g/mol. The molecule has 4 aromatic carbocycles. The van der Waals surface area contributed by atoms with Crippen molar-refractivity contribution < 1.29 is 49.2 Å². The zero-order chi connectivity index (χ0) is 30.6. The predicted octanol–water partition coefficient (Wildman–Crippen LogP) is 4.73. The largest absolute Gasteiger partial charge is 0.478 e. The molecule has 4 aromatic rings. The summed E-state index contributed by atoms with van der Waals surface area (Å²) >= 11 is 0. The maximum Gasteiger partial charge on any atom is 0.336 e. The molecule has 0 aliphatic rings. The highest BCUT2D eigenvalue weighted by Crippen LogP contribution is 2.19. The molecule has 0 saturated heterocycles. The summed E-state index contributed by atoms with van der Waals surface area (Å²) in [5.41, 5.74) is 0.790. The Kier molecular flexibility index (Phi) is 8.37. The first-order valence-corrected chi connectivity index (χ1v) is 12.4. The molecular formula is C32H22O10. The highest BCUT2D eigenvalue weighted by Gasteiger charge is 2.20. The molecule has 0 heterocycles. The van der Waals surface area contributed by atoms with Crippen LogP contribution in [0, 0.1) is 0 Å². The van der Waals surface area contributed by atoms with Gasteiger partial charge in [-0.2, -0.15) is 0 Å². The highest BCUT2D eigenvalue weighted by molar-refractivity contribution is 6.12. The third-order valence-corrected chi connectivity index (χ3v) is 6.62. The zero-order valence-electron chi connectivity index (χ0n) is 21.7. The summed E-state index contributed by atoms with van der Waals surface area (Å²) in [5.74, 6) is -6.60. The number of hydrogen-bond donors (Lipinski definition) is 4. The molecule has 0 saturated carbocycles. The van der Waals surface area contributed by atoms with Gasteiger partial charge in [-0.25, -0.2) is 19.2 Å². The summed E-state index contributed by atoms with van der Waals surface area (Å²) in [6, 6.07) is 20.3. The number of hydrogen-bond acceptors (Lipinski definition) is 6. The molecule has 4 N–H and O–H groups in total. The van der Waals surface area contributed by atoms with Gasteiger partial charge in [-0.1, -0.05) is 60.7 Å². The Morgan fingerprint density at radius 2 is 0.667 bits per heavy atom. The standard InChI is InChI=1S/C32H22O10/c33-27(21-11-13-23(29(35)36)25(15-21)31(39)40)19-7-3-17(4-8-19)1-2-18-5-9-20(10-6-18)28(34)22-12-14-24(30(37)38)26(16-22)32(41)42/h3-16H,1-2H2,(H,35,36)(H,37,38)(H,39,40)(H,41,42). The van der Waals surface area contributed by atoms with Crippen LogP contribution < -0.4 is 0 Å². The van der Waals surface area contributed by atoms with Crippen molar-refractivity contribution in [3.8, 4) is 0 Å². The fourth-order valence-electron chi connectivity index (χ4n) is 4.37. The Hall–Kier alpha value is -5.90. The lowest BCUT2D eigenvalue weighted by Crippen LogP contribution is -2.11. The second kappa shape index (κ2) is 12.1. The number of carbonyl (C=O) groups is 6. The van der Waals surface area contributed by atoms with Crippen LogP contribution in [0.25, 0.3) is 0 Å². The zero-order valence-corrected chi connectivity index (χ0v) is 21.7. The van der Waals surface area contributed by atoms with E-state index in [1.165, 1.54) is 12.1 Å². The highest BCUT2D eigenvalue weighted by atomic mass is 16.4. The fourth-order valence-corrected chi connectivity index (χ4v) is 4.37. The van der Waals surface area contributed by atoms with Gasteiger partial charge in [-0.3, -0.25) is 9.59 Å². The molecule has 0 unspecified atom stereocenters. The number of aromatic carboxylic acids is 4. The van der Waals surface area contributed by atoms with Crippen molar-refractivity contribution in [3.05, 3.63) is 141 Å². The minimum absolute atomic E-state index is 0.0526. The topological polar surface area (TPSA) is 183 Å². The second-order valence-corrected chi connectivity index (χ2v) is 9.29. The number of ketones is 2. The van der Waals surface area contributed by atoms with E-state index in [0.717, 1.165) is 35.4 Å². The van der Waals surface area contributed by atoms with Crippen molar-refractivity contribution in [2.24, 2.45) is 0 Å². The molecule has 4 rings (SSSR count). The van der Waals surface area contributed by atoms with Gasteiger partial charge in [0.2, 0.25) is 0 Å². The molecule has 0 bridgehead atoms. The Labute approximate surface area is 238 Å². The molecule has 0 aliphatic carbocycles. The van der Waals surface area contributed by atoms with Gasteiger partial charge in [0.1, 0.15) is 0 Å². The van der Waals surface area contributed by atoms with Gasteiger partial charge in [-0.05, 0) is 48.2 Å². The summed E-state index contributed by atoms with van der Waals surface area (Å²) in [5, 5.41) is 36.9. The minimum atomic E-state index is -1.45. The van der Waals surface area contributed by atoms with Crippen LogP contribution in [0.15, 0.2) is 84.9 Å². The van der Waals surface area contributed by atoms with Gasteiger partial charge >= 0.3 is 23.9 Å². The minimum Gasteiger partial charge on any atom is -0.478 e. The van der Waals surface area contributed by atoms with Gasteiger partial charge in [0.05, 0.1) is 22.3 Å². The van der Waals surface area contributed by atoms with Gasteiger partial charge in [0.15, 0.2) is 11.6 Å². The van der Waals surface area contributed by atoms with Crippen LogP contribution in [-0.2, 0) is 12.8 Å². The van der Waals surface area contributed by atoms with E-state index in [2.05, 4.69) is 0 Å². The molecular weight excluding hydrogens is 544 g/mol. The average Bonchev–Trinajstić information content (AvgIpc) is 2.99.